The summed E-state index contributed by atoms with van der Waals surface area (Å²) in [6.45, 7) is 9.45. The van der Waals surface area contributed by atoms with Crippen LogP contribution in [0.5, 0.6) is 0 Å². The van der Waals surface area contributed by atoms with Crippen molar-refractivity contribution in [3.8, 4) is 0 Å². The number of rotatable bonds is 10. The molecule has 194 valence electrons. The molecular weight excluding hydrogens is 448 g/mol. The van der Waals surface area contributed by atoms with Gasteiger partial charge in [-0.3, -0.25) is 9.59 Å². The van der Waals surface area contributed by atoms with E-state index >= 15 is 0 Å². The molecule has 0 radical (unpaired) electrons. The minimum absolute atomic E-state index is 0.152. The molecule has 2 aromatic rings. The van der Waals surface area contributed by atoms with Gasteiger partial charge in [0.2, 0.25) is 5.91 Å². The fourth-order valence-corrected chi connectivity index (χ4v) is 5.75. The first-order valence-electron chi connectivity index (χ1n) is 13.4. The zero-order chi connectivity index (χ0) is 25.7. The molecule has 6 nitrogen and oxygen atoms in total. The molecule has 2 fully saturated rings. The maximum atomic E-state index is 13.2. The molecule has 0 bridgehead atoms. The number of hydrogen-bond acceptors (Lipinski definition) is 4. The number of likely N-dealkylation sites (tertiary alicyclic amines) is 1. The van der Waals surface area contributed by atoms with Crippen LogP contribution in [0, 0.1) is 25.7 Å². The molecule has 2 heterocycles. The van der Waals surface area contributed by atoms with Crippen LogP contribution in [-0.4, -0.2) is 75.0 Å². The molecule has 2 atom stereocenters. The fraction of sp³-hybridized carbons (Fsp3) is 0.533. The van der Waals surface area contributed by atoms with E-state index in [4.69, 9.17) is 0 Å². The van der Waals surface area contributed by atoms with Gasteiger partial charge in [-0.05, 0) is 82.6 Å². The highest BCUT2D eigenvalue weighted by molar-refractivity contribution is 5.97. The Morgan fingerprint density at radius 3 is 2.28 bits per heavy atom. The Morgan fingerprint density at radius 2 is 1.61 bits per heavy atom. The Bertz CT molecular complexity index is 1030. The Kier molecular flexibility index (Phi) is 8.68. The summed E-state index contributed by atoms with van der Waals surface area (Å²) in [4.78, 5) is 31.9. The van der Waals surface area contributed by atoms with E-state index < -0.39 is 0 Å². The summed E-state index contributed by atoms with van der Waals surface area (Å²) < 4.78 is 0. The minimum atomic E-state index is 0.152. The van der Waals surface area contributed by atoms with Crippen LogP contribution in [0.2, 0.25) is 0 Å². The number of carbonyl (C=O) groups is 2. The Labute approximate surface area is 216 Å². The number of carbonyl (C=O) groups excluding carboxylic acids is 2. The van der Waals surface area contributed by atoms with E-state index in [1.165, 1.54) is 11.3 Å². The molecule has 36 heavy (non-hydrogen) atoms. The summed E-state index contributed by atoms with van der Waals surface area (Å²) in [5.41, 5.74) is 5.62. The third kappa shape index (κ3) is 6.47. The van der Waals surface area contributed by atoms with Crippen molar-refractivity contribution >= 4 is 17.5 Å². The average Bonchev–Trinajstić information content (AvgIpc) is 3.41. The first-order valence-corrected chi connectivity index (χ1v) is 13.4. The summed E-state index contributed by atoms with van der Waals surface area (Å²) in [5, 5.41) is 3.05. The molecule has 2 aliphatic heterocycles. The second-order valence-corrected chi connectivity index (χ2v) is 10.9. The van der Waals surface area contributed by atoms with Gasteiger partial charge in [0.15, 0.2) is 0 Å². The number of amides is 2. The number of nitrogens with one attached hydrogen (secondary N) is 1. The number of hydrogen-bond donors (Lipinski definition) is 1. The number of fused-ring (bicyclic) bond motifs is 1. The third-order valence-corrected chi connectivity index (χ3v) is 7.72. The van der Waals surface area contributed by atoms with E-state index in [1.54, 1.807) is 0 Å². The van der Waals surface area contributed by atoms with E-state index in [9.17, 15) is 9.59 Å². The number of aryl methyl sites for hydroxylation is 3. The van der Waals surface area contributed by atoms with Crippen molar-refractivity contribution in [3.05, 3.63) is 64.7 Å². The molecule has 4 rings (SSSR count). The highest BCUT2D eigenvalue weighted by Crippen LogP contribution is 2.35. The second-order valence-electron chi connectivity index (χ2n) is 10.9. The van der Waals surface area contributed by atoms with Gasteiger partial charge < -0.3 is 20.0 Å². The van der Waals surface area contributed by atoms with Gasteiger partial charge in [-0.25, -0.2) is 0 Å². The van der Waals surface area contributed by atoms with Gasteiger partial charge in [-0.15, -0.1) is 0 Å². The maximum absolute atomic E-state index is 13.2. The lowest BCUT2D eigenvalue weighted by Crippen LogP contribution is -2.34. The molecule has 0 spiro atoms. The van der Waals surface area contributed by atoms with Crippen molar-refractivity contribution in [3.63, 3.8) is 0 Å². The predicted molar refractivity (Wildman–Crippen MR) is 147 cm³/mol. The van der Waals surface area contributed by atoms with Crippen molar-refractivity contribution in [2.45, 2.75) is 39.5 Å². The lowest BCUT2D eigenvalue weighted by molar-refractivity contribution is -0.121. The van der Waals surface area contributed by atoms with Crippen LogP contribution in [0.25, 0.3) is 0 Å². The summed E-state index contributed by atoms with van der Waals surface area (Å²) in [5.74, 6) is 1.41. The molecule has 1 N–H and O–H groups in total. The molecule has 2 amide bonds. The number of benzene rings is 2. The molecule has 2 aromatic carbocycles. The summed E-state index contributed by atoms with van der Waals surface area (Å²) in [7, 11) is 4.06. The SMILES string of the molecule is Cc1cccc(C)c1C(=O)N1CC2CN(c3cccc(CCCNC(=O)CCCN(C)C)c3)CC2C1. The van der Waals surface area contributed by atoms with Gasteiger partial charge in [0.25, 0.3) is 5.91 Å². The van der Waals surface area contributed by atoms with E-state index in [1.807, 2.05) is 46.1 Å². The standard InChI is InChI=1S/C30H42N4O2/c1-22-9-5-10-23(2)29(22)30(36)34-20-25-18-33(19-26(25)21-34)27-13-6-11-24(17-27)12-7-15-31-28(35)14-8-16-32(3)4/h5-6,9-11,13,17,25-26H,7-8,12,14-16,18-21H2,1-4H3,(H,31,35). The second kappa shape index (κ2) is 11.9. The van der Waals surface area contributed by atoms with Crippen LogP contribution in [0.1, 0.15) is 46.3 Å². The van der Waals surface area contributed by atoms with Crippen molar-refractivity contribution in [1.82, 2.24) is 15.1 Å². The summed E-state index contributed by atoms with van der Waals surface area (Å²) >= 11 is 0. The van der Waals surface area contributed by atoms with Crippen molar-refractivity contribution in [1.29, 1.82) is 0 Å². The third-order valence-electron chi connectivity index (χ3n) is 7.72. The molecule has 2 unspecified atom stereocenters. The van der Waals surface area contributed by atoms with Crippen molar-refractivity contribution in [2.75, 3.05) is 58.3 Å². The minimum Gasteiger partial charge on any atom is -0.371 e. The predicted octanol–water partition coefficient (Wildman–Crippen LogP) is 3.90. The van der Waals surface area contributed by atoms with Crippen LogP contribution in [-0.2, 0) is 11.2 Å². The van der Waals surface area contributed by atoms with Crippen LogP contribution in [0.15, 0.2) is 42.5 Å². The highest BCUT2D eigenvalue weighted by atomic mass is 16.2. The fourth-order valence-electron chi connectivity index (χ4n) is 5.75. The topological polar surface area (TPSA) is 55.9 Å². The van der Waals surface area contributed by atoms with Crippen LogP contribution >= 0.6 is 0 Å². The molecule has 2 aliphatic rings. The normalized spacial score (nSPS) is 19.1. The largest absolute Gasteiger partial charge is 0.371 e. The molecule has 2 saturated heterocycles. The zero-order valence-corrected chi connectivity index (χ0v) is 22.4. The highest BCUT2D eigenvalue weighted by Gasteiger charge is 2.42. The van der Waals surface area contributed by atoms with Crippen molar-refractivity contribution in [2.24, 2.45) is 11.8 Å². The maximum Gasteiger partial charge on any atom is 0.254 e. The van der Waals surface area contributed by atoms with Gasteiger partial charge in [-0.2, -0.15) is 0 Å². The van der Waals surface area contributed by atoms with Crippen molar-refractivity contribution < 1.29 is 9.59 Å². The summed E-state index contributed by atoms with van der Waals surface area (Å²) in [6, 6.07) is 14.9. The van der Waals surface area contributed by atoms with Gasteiger partial charge in [0.1, 0.15) is 0 Å². The van der Waals surface area contributed by atoms with Crippen LogP contribution in [0.4, 0.5) is 5.69 Å². The molecule has 0 aromatic heterocycles. The molecular formula is C30H42N4O2. The smallest absolute Gasteiger partial charge is 0.254 e. The van der Waals surface area contributed by atoms with Gasteiger partial charge in [0, 0.05) is 62.2 Å². The van der Waals surface area contributed by atoms with Gasteiger partial charge in [-0.1, -0.05) is 30.3 Å². The van der Waals surface area contributed by atoms with E-state index in [-0.39, 0.29) is 11.8 Å². The van der Waals surface area contributed by atoms with E-state index in [0.717, 1.165) is 75.2 Å². The lowest BCUT2D eigenvalue weighted by Gasteiger charge is -2.24. The van der Waals surface area contributed by atoms with E-state index in [0.29, 0.717) is 18.3 Å². The van der Waals surface area contributed by atoms with E-state index in [2.05, 4.69) is 44.3 Å². The Hall–Kier alpha value is -2.86. The van der Waals surface area contributed by atoms with Gasteiger partial charge >= 0.3 is 0 Å². The molecule has 6 heteroatoms. The quantitative estimate of drug-likeness (QED) is 0.513. The molecule has 0 saturated carbocycles. The van der Waals surface area contributed by atoms with Gasteiger partial charge in [0.05, 0.1) is 0 Å². The van der Waals surface area contributed by atoms with Crippen LogP contribution < -0.4 is 10.2 Å². The Balaban J connectivity index is 1.24. The summed E-state index contributed by atoms with van der Waals surface area (Å²) in [6.07, 6.45) is 3.41. The zero-order valence-electron chi connectivity index (χ0n) is 22.4. The lowest BCUT2D eigenvalue weighted by atomic mass is 10.0. The first-order chi connectivity index (χ1) is 17.3. The average molecular weight is 491 g/mol. The first kappa shape index (κ1) is 26.2. The number of anilines is 1. The number of nitrogens with zero attached hydrogens (tertiary/aromatic N) is 3. The Morgan fingerprint density at radius 1 is 0.944 bits per heavy atom. The molecule has 0 aliphatic carbocycles. The monoisotopic (exact) mass is 490 g/mol. The van der Waals surface area contributed by atoms with Crippen LogP contribution in [0.3, 0.4) is 0 Å².